The van der Waals surface area contributed by atoms with Gasteiger partial charge in [0.25, 0.3) is 0 Å². The number of aliphatic imine (C=N–C) groups is 1. The van der Waals surface area contributed by atoms with E-state index in [2.05, 4.69) is 54.0 Å². The van der Waals surface area contributed by atoms with Crippen LogP contribution in [0.5, 0.6) is 0 Å². The van der Waals surface area contributed by atoms with Gasteiger partial charge in [-0.1, -0.05) is 19.9 Å². The first-order chi connectivity index (χ1) is 11.1. The highest BCUT2D eigenvalue weighted by atomic mass is 127. The summed E-state index contributed by atoms with van der Waals surface area (Å²) in [6, 6.07) is 6.24. The number of hydrogen-bond donors (Lipinski definition) is 2. The Morgan fingerprint density at radius 2 is 2.17 bits per heavy atom. The second kappa shape index (κ2) is 10.7. The first kappa shape index (κ1) is 21.0. The largest absolute Gasteiger partial charge is 0.357 e. The molecule has 0 saturated carbocycles. The van der Waals surface area contributed by atoms with E-state index in [4.69, 9.17) is 4.99 Å². The van der Waals surface area contributed by atoms with Crippen molar-refractivity contribution in [3.63, 3.8) is 0 Å². The van der Waals surface area contributed by atoms with E-state index in [1.54, 1.807) is 11.3 Å². The zero-order valence-electron chi connectivity index (χ0n) is 14.7. The zero-order chi connectivity index (χ0) is 16.5. The second-order valence-electron chi connectivity index (χ2n) is 6.11. The molecule has 2 heterocycles. The van der Waals surface area contributed by atoms with Gasteiger partial charge in [0.1, 0.15) is 0 Å². The van der Waals surface area contributed by atoms with Crippen molar-refractivity contribution in [3.05, 3.63) is 40.8 Å². The number of rotatable bonds is 8. The summed E-state index contributed by atoms with van der Waals surface area (Å²) in [7, 11) is 0. The summed E-state index contributed by atoms with van der Waals surface area (Å²) in [5.41, 5.74) is 0.0611. The molecule has 0 spiro atoms. The van der Waals surface area contributed by atoms with Gasteiger partial charge in [0, 0.05) is 42.3 Å². The van der Waals surface area contributed by atoms with Gasteiger partial charge in [-0.15, -0.1) is 35.3 Å². The van der Waals surface area contributed by atoms with Crippen molar-refractivity contribution in [3.8, 4) is 0 Å². The maximum Gasteiger partial charge on any atom is 0.191 e. The van der Waals surface area contributed by atoms with Crippen molar-refractivity contribution in [1.29, 1.82) is 0 Å². The van der Waals surface area contributed by atoms with Gasteiger partial charge in [-0.3, -0.25) is 9.67 Å². The first-order valence-corrected chi connectivity index (χ1v) is 9.03. The maximum absolute atomic E-state index is 4.75. The van der Waals surface area contributed by atoms with Crippen LogP contribution in [0.2, 0.25) is 0 Å². The van der Waals surface area contributed by atoms with Gasteiger partial charge in [-0.05, 0) is 30.9 Å². The minimum absolute atomic E-state index is 0. The van der Waals surface area contributed by atoms with Gasteiger partial charge in [-0.2, -0.15) is 5.10 Å². The summed E-state index contributed by atoms with van der Waals surface area (Å²) in [6.07, 6.45) is 4.81. The molecular formula is C17H28IN5S. The lowest BCUT2D eigenvalue weighted by molar-refractivity contribution is 0.545. The average Bonchev–Trinajstić information content (AvgIpc) is 3.22. The fourth-order valence-corrected chi connectivity index (χ4v) is 3.09. The molecule has 0 atom stereocenters. The van der Waals surface area contributed by atoms with Gasteiger partial charge in [0.05, 0.1) is 6.54 Å². The van der Waals surface area contributed by atoms with Gasteiger partial charge in [-0.25, -0.2) is 0 Å². The molecule has 0 unspecified atom stereocenters. The molecule has 0 saturated heterocycles. The molecule has 0 radical (unpaired) electrons. The molecule has 2 aromatic heterocycles. The fourth-order valence-electron chi connectivity index (χ4n) is 2.24. The highest BCUT2D eigenvalue weighted by Gasteiger charge is 2.21. The maximum atomic E-state index is 4.75. The molecule has 134 valence electrons. The molecule has 2 N–H and O–H groups in total. The first-order valence-electron chi connectivity index (χ1n) is 8.15. The van der Waals surface area contributed by atoms with E-state index in [-0.39, 0.29) is 29.4 Å². The monoisotopic (exact) mass is 461 g/mol. The van der Waals surface area contributed by atoms with Crippen LogP contribution in [0.1, 0.15) is 32.1 Å². The summed E-state index contributed by atoms with van der Waals surface area (Å²) in [4.78, 5) is 6.13. The molecule has 0 fully saturated rings. The van der Waals surface area contributed by atoms with Crippen LogP contribution in [0, 0.1) is 0 Å². The lowest BCUT2D eigenvalue weighted by atomic mass is 9.92. The summed E-state index contributed by atoms with van der Waals surface area (Å²) < 4.78 is 1.95. The predicted octanol–water partition coefficient (Wildman–Crippen LogP) is 3.49. The molecule has 0 aromatic carbocycles. The van der Waals surface area contributed by atoms with E-state index in [9.17, 15) is 0 Å². The molecule has 0 aliphatic carbocycles. The summed E-state index contributed by atoms with van der Waals surface area (Å²) >= 11 is 1.80. The van der Waals surface area contributed by atoms with Crippen LogP contribution in [0.25, 0.3) is 0 Å². The molecule has 0 amide bonds. The van der Waals surface area contributed by atoms with Crippen LogP contribution in [-0.2, 0) is 12.0 Å². The Hall–Kier alpha value is -1.09. The van der Waals surface area contributed by atoms with E-state index in [0.29, 0.717) is 0 Å². The fraction of sp³-hybridized carbons (Fsp3) is 0.529. The van der Waals surface area contributed by atoms with E-state index in [1.165, 1.54) is 4.88 Å². The zero-order valence-corrected chi connectivity index (χ0v) is 17.8. The minimum Gasteiger partial charge on any atom is -0.357 e. The van der Waals surface area contributed by atoms with E-state index >= 15 is 0 Å². The van der Waals surface area contributed by atoms with Crippen LogP contribution >= 0.6 is 35.3 Å². The van der Waals surface area contributed by atoms with E-state index in [1.807, 2.05) is 23.1 Å². The third-order valence-electron chi connectivity index (χ3n) is 3.58. The number of nitrogens with one attached hydrogen (secondary N) is 2. The summed E-state index contributed by atoms with van der Waals surface area (Å²) in [6.45, 7) is 10.00. The third kappa shape index (κ3) is 6.80. The van der Waals surface area contributed by atoms with E-state index in [0.717, 1.165) is 38.6 Å². The van der Waals surface area contributed by atoms with Crippen LogP contribution in [0.15, 0.2) is 41.0 Å². The highest BCUT2D eigenvalue weighted by molar-refractivity contribution is 14.0. The van der Waals surface area contributed by atoms with Crippen molar-refractivity contribution in [1.82, 2.24) is 20.4 Å². The average molecular weight is 461 g/mol. The van der Waals surface area contributed by atoms with Crippen molar-refractivity contribution in [2.45, 2.75) is 39.2 Å². The van der Waals surface area contributed by atoms with Gasteiger partial charge in [0.2, 0.25) is 0 Å². The second-order valence-corrected chi connectivity index (χ2v) is 7.05. The Morgan fingerprint density at radius 3 is 2.79 bits per heavy atom. The molecule has 0 bridgehead atoms. The number of guanidine groups is 1. The molecule has 7 heteroatoms. The minimum atomic E-state index is 0. The molecule has 0 aliphatic heterocycles. The van der Waals surface area contributed by atoms with Crippen molar-refractivity contribution >= 4 is 41.3 Å². The molecule has 2 rings (SSSR count). The Bertz CT molecular complexity index is 578. The summed E-state index contributed by atoms with van der Waals surface area (Å²) in [5.74, 6) is 0.887. The standard InChI is InChI=1S/C17H27N5S.HI/c1-4-18-16(19-9-6-11-22-12-7-10-21-22)20-14-17(2,3)15-8-5-13-23-15;/h5,7-8,10,12-13H,4,6,9,11,14H2,1-3H3,(H2,18,19,20);1H. The molecule has 24 heavy (non-hydrogen) atoms. The highest BCUT2D eigenvalue weighted by Crippen LogP contribution is 2.27. The molecule has 5 nitrogen and oxygen atoms in total. The topological polar surface area (TPSA) is 54.2 Å². The van der Waals surface area contributed by atoms with Crippen molar-refractivity contribution in [2.24, 2.45) is 4.99 Å². The Kier molecular flexibility index (Phi) is 9.35. The number of aromatic nitrogens is 2. The van der Waals surface area contributed by atoms with Gasteiger partial charge >= 0.3 is 0 Å². The van der Waals surface area contributed by atoms with Crippen molar-refractivity contribution in [2.75, 3.05) is 19.6 Å². The van der Waals surface area contributed by atoms with Crippen LogP contribution in [0.4, 0.5) is 0 Å². The number of aryl methyl sites for hydroxylation is 1. The van der Waals surface area contributed by atoms with Crippen LogP contribution < -0.4 is 10.6 Å². The predicted molar refractivity (Wildman–Crippen MR) is 114 cm³/mol. The van der Waals surface area contributed by atoms with Crippen LogP contribution in [-0.4, -0.2) is 35.4 Å². The smallest absolute Gasteiger partial charge is 0.191 e. The normalized spacial score (nSPS) is 11.9. The Morgan fingerprint density at radius 1 is 1.33 bits per heavy atom. The van der Waals surface area contributed by atoms with Gasteiger partial charge < -0.3 is 10.6 Å². The number of hydrogen-bond acceptors (Lipinski definition) is 3. The van der Waals surface area contributed by atoms with Gasteiger partial charge in [0.15, 0.2) is 5.96 Å². The lowest BCUT2D eigenvalue weighted by Crippen LogP contribution is -2.39. The van der Waals surface area contributed by atoms with Crippen molar-refractivity contribution < 1.29 is 0 Å². The Balaban J connectivity index is 0.00000288. The number of halogens is 1. The van der Waals surface area contributed by atoms with Crippen LogP contribution in [0.3, 0.4) is 0 Å². The number of nitrogens with zero attached hydrogens (tertiary/aromatic N) is 3. The third-order valence-corrected chi connectivity index (χ3v) is 4.82. The lowest BCUT2D eigenvalue weighted by Gasteiger charge is -2.21. The number of thiophene rings is 1. The summed E-state index contributed by atoms with van der Waals surface area (Å²) in [5, 5.41) is 13.1. The molecule has 2 aromatic rings. The molecule has 0 aliphatic rings. The molecular weight excluding hydrogens is 433 g/mol. The van der Waals surface area contributed by atoms with E-state index < -0.39 is 0 Å². The quantitative estimate of drug-likeness (QED) is 0.274. The Labute approximate surface area is 166 Å². The SMILES string of the molecule is CCNC(=NCC(C)(C)c1cccs1)NCCCn1cccn1.I.